The highest BCUT2D eigenvalue weighted by Crippen LogP contribution is 2.56. The Hall–Kier alpha value is -3.63. The third-order valence-electron chi connectivity index (χ3n) is 6.87. The van der Waals surface area contributed by atoms with Crippen LogP contribution in [0.15, 0.2) is 30.5 Å². The van der Waals surface area contributed by atoms with Gasteiger partial charge in [0.15, 0.2) is 5.82 Å². The van der Waals surface area contributed by atoms with E-state index < -0.39 is 30.2 Å². The Morgan fingerprint density at radius 2 is 1.94 bits per heavy atom. The number of hydrogen-bond donors (Lipinski definition) is 1. The number of halogens is 5. The lowest BCUT2D eigenvalue weighted by Crippen LogP contribution is -2.37. The Kier molecular flexibility index (Phi) is 4.71. The molecular weight excluding hydrogens is 481 g/mol. The van der Waals surface area contributed by atoms with Crippen molar-refractivity contribution < 1.29 is 26.7 Å². The summed E-state index contributed by atoms with van der Waals surface area (Å²) in [7, 11) is 0. The first-order valence-electron chi connectivity index (χ1n) is 11.5. The molecule has 2 aliphatic heterocycles. The first-order valence-corrected chi connectivity index (χ1v) is 11.5. The van der Waals surface area contributed by atoms with Crippen LogP contribution in [0.4, 0.5) is 27.6 Å². The Bertz CT molecular complexity index is 1530. The number of rotatable bonds is 3. The van der Waals surface area contributed by atoms with Gasteiger partial charge in [0, 0.05) is 34.6 Å². The van der Waals surface area contributed by atoms with Crippen LogP contribution in [0, 0.1) is 6.92 Å². The molecule has 0 bridgehead atoms. The van der Waals surface area contributed by atoms with Crippen molar-refractivity contribution in [1.29, 1.82) is 0 Å². The van der Waals surface area contributed by atoms with Crippen molar-refractivity contribution in [3.63, 3.8) is 0 Å². The number of hydrogen-bond acceptors (Lipinski definition) is 4. The van der Waals surface area contributed by atoms with Crippen LogP contribution in [0.3, 0.4) is 0 Å². The summed E-state index contributed by atoms with van der Waals surface area (Å²) in [5.41, 5.74) is -0.139. The van der Waals surface area contributed by atoms with Crippen LogP contribution < -0.4 is 10.1 Å². The van der Waals surface area contributed by atoms with E-state index in [0.717, 1.165) is 0 Å². The van der Waals surface area contributed by atoms with Crippen LogP contribution in [0.1, 0.15) is 36.6 Å². The minimum absolute atomic E-state index is 0.0670. The van der Waals surface area contributed by atoms with Gasteiger partial charge in [-0.3, -0.25) is 4.57 Å². The molecule has 36 heavy (non-hydrogen) atoms. The third-order valence-corrected chi connectivity index (χ3v) is 6.87. The van der Waals surface area contributed by atoms with E-state index >= 15 is 13.2 Å². The van der Waals surface area contributed by atoms with Crippen molar-refractivity contribution in [3.8, 4) is 22.6 Å². The van der Waals surface area contributed by atoms with Gasteiger partial charge < -0.3 is 14.6 Å². The predicted molar refractivity (Wildman–Crippen MR) is 124 cm³/mol. The highest BCUT2D eigenvalue weighted by Gasteiger charge is 2.47. The van der Waals surface area contributed by atoms with Gasteiger partial charge >= 0.3 is 6.18 Å². The van der Waals surface area contributed by atoms with Gasteiger partial charge in [0.25, 0.3) is 6.43 Å². The maximum Gasteiger partial charge on any atom is 0.419 e. The van der Waals surface area contributed by atoms with Gasteiger partial charge in [-0.15, -0.1) is 10.2 Å². The van der Waals surface area contributed by atoms with E-state index in [1.165, 1.54) is 15.3 Å². The first-order chi connectivity index (χ1) is 17.0. The summed E-state index contributed by atoms with van der Waals surface area (Å²) in [6.45, 7) is 4.97. The Morgan fingerprint density at radius 3 is 2.67 bits per heavy atom. The highest BCUT2D eigenvalue weighted by atomic mass is 19.4. The molecule has 0 spiro atoms. The molecule has 188 valence electrons. The molecule has 0 atom stereocenters. The molecule has 6 rings (SSSR count). The molecule has 0 unspecified atom stereocenters. The molecule has 2 aliphatic rings. The molecule has 0 fully saturated rings. The van der Waals surface area contributed by atoms with E-state index in [0.29, 0.717) is 40.2 Å². The summed E-state index contributed by atoms with van der Waals surface area (Å²) in [4.78, 5) is 0. The quantitative estimate of drug-likeness (QED) is 0.345. The molecular formula is C25H22F5N5O. The summed E-state index contributed by atoms with van der Waals surface area (Å²) in [6.07, 6.45) is -5.48. The number of aryl methyl sites for hydroxylation is 1. The fourth-order valence-corrected chi connectivity index (χ4v) is 5.46. The number of nitrogens with one attached hydrogen (secondary N) is 1. The highest BCUT2D eigenvalue weighted by molar-refractivity contribution is 6.01. The SMILES string of the molecule is Cc1nnc2n1-c1c(c3c(c(-c4cccc5c4ccn5CC(F)F)c1C(F)(F)F)OCC3)NC2(C)C. The number of anilines is 1. The van der Waals surface area contributed by atoms with Crippen LogP contribution in [-0.4, -0.2) is 32.4 Å². The molecule has 0 amide bonds. The zero-order valence-electron chi connectivity index (χ0n) is 19.7. The minimum atomic E-state index is -4.77. The molecule has 2 aromatic heterocycles. The topological polar surface area (TPSA) is 56.9 Å². The molecule has 4 aromatic rings. The lowest BCUT2D eigenvalue weighted by Gasteiger charge is -2.37. The maximum absolute atomic E-state index is 15.1. The van der Waals surface area contributed by atoms with Gasteiger partial charge in [0.05, 0.1) is 35.6 Å². The molecule has 11 heteroatoms. The second-order valence-electron chi connectivity index (χ2n) is 9.63. The van der Waals surface area contributed by atoms with Gasteiger partial charge in [0.1, 0.15) is 11.6 Å². The van der Waals surface area contributed by atoms with Crippen LogP contribution >= 0.6 is 0 Å². The molecule has 0 aliphatic carbocycles. The lowest BCUT2D eigenvalue weighted by atomic mass is 9.87. The fourth-order valence-electron chi connectivity index (χ4n) is 5.46. The van der Waals surface area contributed by atoms with E-state index in [4.69, 9.17) is 4.74 Å². The summed E-state index contributed by atoms with van der Waals surface area (Å²) in [5.74, 6) is 0.856. The number of benzene rings is 2. The summed E-state index contributed by atoms with van der Waals surface area (Å²) in [6, 6.07) is 6.36. The standard InChI is InChI=1S/C25H22F5N5O/c1-12-32-33-23-24(2,3)31-20-15-8-10-36-22(15)18(19(25(28,29)30)21(20)35(12)23)14-5-4-6-16-13(14)7-9-34(16)11-17(26)27/h4-7,9,17,31H,8,10-11H2,1-3H3. The zero-order chi connectivity index (χ0) is 25.6. The predicted octanol–water partition coefficient (Wildman–Crippen LogP) is 6.08. The van der Waals surface area contributed by atoms with Gasteiger partial charge in [-0.05, 0) is 38.5 Å². The maximum atomic E-state index is 15.1. The van der Waals surface area contributed by atoms with Crippen LogP contribution in [0.2, 0.25) is 0 Å². The first kappa shape index (κ1) is 22.8. The Balaban J connectivity index is 1.75. The van der Waals surface area contributed by atoms with Gasteiger partial charge in [-0.25, -0.2) is 8.78 Å². The van der Waals surface area contributed by atoms with Crippen molar-refractivity contribution >= 4 is 16.6 Å². The molecule has 0 saturated heterocycles. The molecule has 6 nitrogen and oxygen atoms in total. The van der Waals surface area contributed by atoms with Crippen LogP contribution in [-0.2, 0) is 24.7 Å². The summed E-state index contributed by atoms with van der Waals surface area (Å²) < 4.78 is 80.1. The van der Waals surface area contributed by atoms with Crippen molar-refractivity contribution in [1.82, 2.24) is 19.3 Å². The van der Waals surface area contributed by atoms with Crippen molar-refractivity contribution in [2.24, 2.45) is 0 Å². The van der Waals surface area contributed by atoms with Gasteiger partial charge in [0.2, 0.25) is 0 Å². The fraction of sp³-hybridized carbons (Fsp3) is 0.360. The third kappa shape index (κ3) is 3.14. The zero-order valence-corrected chi connectivity index (χ0v) is 19.7. The Morgan fingerprint density at radius 1 is 1.17 bits per heavy atom. The normalized spacial score (nSPS) is 16.0. The minimum Gasteiger partial charge on any atom is -0.492 e. The number of aromatic nitrogens is 4. The number of fused-ring (bicyclic) bond motifs is 6. The summed E-state index contributed by atoms with van der Waals surface area (Å²) >= 11 is 0. The van der Waals surface area contributed by atoms with E-state index in [2.05, 4.69) is 15.5 Å². The van der Waals surface area contributed by atoms with Crippen molar-refractivity contribution in [2.75, 3.05) is 11.9 Å². The second kappa shape index (κ2) is 7.44. The van der Waals surface area contributed by atoms with Gasteiger partial charge in [-0.2, -0.15) is 13.2 Å². The average molecular weight is 503 g/mol. The average Bonchev–Trinajstić information content (AvgIpc) is 3.51. The van der Waals surface area contributed by atoms with Crippen LogP contribution in [0.5, 0.6) is 5.75 Å². The number of nitrogens with zero attached hydrogens (tertiary/aromatic N) is 4. The Labute approximate surface area is 202 Å². The van der Waals surface area contributed by atoms with E-state index in [1.54, 1.807) is 31.2 Å². The largest absolute Gasteiger partial charge is 0.492 e. The molecule has 0 saturated carbocycles. The number of alkyl halides is 5. The van der Waals surface area contributed by atoms with E-state index in [9.17, 15) is 8.78 Å². The summed E-state index contributed by atoms with van der Waals surface area (Å²) in [5, 5.41) is 12.0. The van der Waals surface area contributed by atoms with Crippen molar-refractivity contribution in [3.05, 3.63) is 53.2 Å². The number of ether oxygens (including phenoxy) is 1. The van der Waals surface area contributed by atoms with Gasteiger partial charge in [-0.1, -0.05) is 12.1 Å². The van der Waals surface area contributed by atoms with E-state index in [-0.39, 0.29) is 29.2 Å². The molecule has 0 radical (unpaired) electrons. The molecule has 2 aromatic carbocycles. The second-order valence-corrected chi connectivity index (χ2v) is 9.63. The molecule has 1 N–H and O–H groups in total. The molecule has 4 heterocycles. The van der Waals surface area contributed by atoms with Crippen LogP contribution in [0.25, 0.3) is 27.7 Å². The van der Waals surface area contributed by atoms with Crippen molar-refractivity contribution in [2.45, 2.75) is 51.9 Å². The smallest absolute Gasteiger partial charge is 0.419 e. The lowest BCUT2D eigenvalue weighted by molar-refractivity contribution is -0.137. The monoisotopic (exact) mass is 503 g/mol. The van der Waals surface area contributed by atoms with E-state index in [1.807, 2.05) is 13.8 Å².